The molecule has 0 bridgehead atoms. The Morgan fingerprint density at radius 2 is 2.06 bits per heavy atom. The Bertz CT molecular complexity index is 378. The number of amides is 1. The molecule has 1 aliphatic rings. The maximum Gasteiger partial charge on any atom is 0.242 e. The van der Waals surface area contributed by atoms with Gasteiger partial charge in [0.2, 0.25) is 5.91 Å². The maximum absolute atomic E-state index is 11.8. The van der Waals surface area contributed by atoms with Gasteiger partial charge >= 0.3 is 0 Å². The zero-order valence-corrected chi connectivity index (χ0v) is 10.2. The van der Waals surface area contributed by atoms with Crippen molar-refractivity contribution >= 4 is 11.6 Å². The highest BCUT2D eigenvalue weighted by molar-refractivity contribution is 5.81. The third-order valence-corrected chi connectivity index (χ3v) is 2.97. The zero-order chi connectivity index (χ0) is 12.3. The van der Waals surface area contributed by atoms with Crippen molar-refractivity contribution in [1.82, 2.24) is 5.01 Å². The van der Waals surface area contributed by atoms with Crippen molar-refractivity contribution in [3.8, 4) is 0 Å². The van der Waals surface area contributed by atoms with Gasteiger partial charge in [-0.15, -0.1) is 0 Å². The molecule has 1 fully saturated rings. The number of hydrazine groups is 1. The van der Waals surface area contributed by atoms with Gasteiger partial charge < -0.3 is 5.73 Å². The van der Waals surface area contributed by atoms with Crippen LogP contribution in [0.3, 0.4) is 0 Å². The summed E-state index contributed by atoms with van der Waals surface area (Å²) < 4.78 is 0. The molecule has 0 aromatic heterocycles. The molecule has 92 valence electrons. The molecule has 1 heterocycles. The Kier molecular flexibility index (Phi) is 3.64. The highest BCUT2D eigenvalue weighted by atomic mass is 16.2. The average Bonchev–Trinajstić information content (AvgIpc) is 2.69. The summed E-state index contributed by atoms with van der Waals surface area (Å²) in [7, 11) is 0. The lowest BCUT2D eigenvalue weighted by atomic mass is 10.2. The molecule has 4 nitrogen and oxygen atoms in total. The van der Waals surface area contributed by atoms with Crippen LogP contribution in [0.5, 0.6) is 0 Å². The fraction of sp³-hybridized carbons (Fsp3) is 0.462. The molecule has 0 aliphatic carbocycles. The van der Waals surface area contributed by atoms with Gasteiger partial charge in [-0.05, 0) is 25.5 Å². The predicted molar refractivity (Wildman–Crippen MR) is 68.4 cm³/mol. The number of anilines is 1. The second kappa shape index (κ2) is 5.19. The van der Waals surface area contributed by atoms with Crippen molar-refractivity contribution in [1.29, 1.82) is 0 Å². The van der Waals surface area contributed by atoms with Gasteiger partial charge in [0.1, 0.15) is 0 Å². The first kappa shape index (κ1) is 11.9. The number of carbonyl (C=O) groups is 1. The van der Waals surface area contributed by atoms with Crippen molar-refractivity contribution in [3.05, 3.63) is 30.3 Å². The van der Waals surface area contributed by atoms with Crippen LogP contribution >= 0.6 is 0 Å². The summed E-state index contributed by atoms with van der Waals surface area (Å²) in [6.45, 7) is 3.43. The van der Waals surface area contributed by atoms with Gasteiger partial charge in [-0.3, -0.25) is 14.8 Å². The Labute approximate surface area is 102 Å². The van der Waals surface area contributed by atoms with Crippen molar-refractivity contribution in [2.24, 2.45) is 5.73 Å². The van der Waals surface area contributed by atoms with E-state index in [1.165, 1.54) is 0 Å². The van der Waals surface area contributed by atoms with E-state index >= 15 is 0 Å². The third-order valence-electron chi connectivity index (χ3n) is 2.97. The lowest BCUT2D eigenvalue weighted by molar-refractivity contribution is -0.128. The topological polar surface area (TPSA) is 49.6 Å². The van der Waals surface area contributed by atoms with Crippen molar-refractivity contribution < 1.29 is 4.79 Å². The van der Waals surface area contributed by atoms with E-state index < -0.39 is 0 Å². The van der Waals surface area contributed by atoms with Crippen molar-refractivity contribution in [3.63, 3.8) is 0 Å². The Hall–Kier alpha value is -1.55. The van der Waals surface area contributed by atoms with Gasteiger partial charge in [-0.1, -0.05) is 18.2 Å². The van der Waals surface area contributed by atoms with Gasteiger partial charge in [-0.25, -0.2) is 0 Å². The van der Waals surface area contributed by atoms with Crippen molar-refractivity contribution in [2.45, 2.75) is 25.8 Å². The Balaban J connectivity index is 2.08. The first-order valence-corrected chi connectivity index (χ1v) is 6.07. The van der Waals surface area contributed by atoms with Crippen LogP contribution in [0.15, 0.2) is 30.3 Å². The molecule has 0 saturated carbocycles. The normalized spacial score (nSPS) is 17.6. The monoisotopic (exact) mass is 233 g/mol. The van der Waals surface area contributed by atoms with E-state index in [-0.39, 0.29) is 11.9 Å². The van der Waals surface area contributed by atoms with E-state index in [9.17, 15) is 4.79 Å². The number of hydrogen-bond donors (Lipinski definition) is 1. The molecule has 1 aliphatic heterocycles. The molecule has 1 saturated heterocycles. The summed E-state index contributed by atoms with van der Waals surface area (Å²) in [6, 6.07) is 10.1. The quantitative estimate of drug-likeness (QED) is 0.854. The van der Waals surface area contributed by atoms with Crippen LogP contribution in [0.25, 0.3) is 0 Å². The van der Waals surface area contributed by atoms with Gasteiger partial charge in [0, 0.05) is 25.6 Å². The van der Waals surface area contributed by atoms with Gasteiger partial charge in [0.15, 0.2) is 0 Å². The minimum absolute atomic E-state index is 0.126. The maximum atomic E-state index is 11.8. The van der Waals surface area contributed by atoms with Gasteiger partial charge in [0.05, 0.1) is 5.69 Å². The number of rotatable bonds is 4. The summed E-state index contributed by atoms with van der Waals surface area (Å²) in [6.07, 6.45) is 1.42. The minimum Gasteiger partial charge on any atom is -0.328 e. The van der Waals surface area contributed by atoms with Gasteiger partial charge in [-0.2, -0.15) is 0 Å². The molecular formula is C13H19N3O. The molecule has 2 N–H and O–H groups in total. The van der Waals surface area contributed by atoms with Crippen molar-refractivity contribution in [2.75, 3.05) is 18.1 Å². The number of benzene rings is 1. The highest BCUT2D eigenvalue weighted by Crippen LogP contribution is 2.22. The molecule has 1 aromatic carbocycles. The Morgan fingerprint density at radius 1 is 1.35 bits per heavy atom. The summed E-state index contributed by atoms with van der Waals surface area (Å²) in [5.41, 5.74) is 6.82. The molecule has 2 rings (SSSR count). The molecular weight excluding hydrogens is 214 g/mol. The predicted octanol–water partition coefficient (Wildman–Crippen LogP) is 1.38. The number of nitrogens with zero attached hydrogens (tertiary/aromatic N) is 2. The van der Waals surface area contributed by atoms with Crippen LogP contribution in [0.4, 0.5) is 5.69 Å². The second-order valence-corrected chi connectivity index (χ2v) is 4.49. The van der Waals surface area contributed by atoms with Crippen LogP contribution < -0.4 is 10.7 Å². The summed E-state index contributed by atoms with van der Waals surface area (Å²) >= 11 is 0. The number of para-hydroxylation sites is 1. The molecule has 4 heteroatoms. The fourth-order valence-electron chi connectivity index (χ4n) is 2.03. The Morgan fingerprint density at radius 3 is 2.71 bits per heavy atom. The molecule has 17 heavy (non-hydrogen) atoms. The van der Waals surface area contributed by atoms with Crippen LogP contribution in [0.2, 0.25) is 0 Å². The van der Waals surface area contributed by atoms with E-state index in [2.05, 4.69) is 0 Å². The third kappa shape index (κ3) is 2.77. The van der Waals surface area contributed by atoms with Crippen LogP contribution in [-0.2, 0) is 4.79 Å². The first-order valence-electron chi connectivity index (χ1n) is 6.07. The molecule has 1 unspecified atom stereocenters. The number of nitrogens with two attached hydrogens (primary N) is 1. The molecule has 1 amide bonds. The first-order chi connectivity index (χ1) is 8.18. The van der Waals surface area contributed by atoms with Crippen LogP contribution in [-0.4, -0.2) is 30.0 Å². The molecule has 0 spiro atoms. The number of carbonyl (C=O) groups excluding carboxylic acids is 1. The molecule has 0 radical (unpaired) electrons. The van der Waals surface area contributed by atoms with E-state index in [0.717, 1.165) is 18.7 Å². The van der Waals surface area contributed by atoms with Crippen LogP contribution in [0.1, 0.15) is 19.8 Å². The smallest absolute Gasteiger partial charge is 0.242 e. The fourth-order valence-corrected chi connectivity index (χ4v) is 2.03. The van der Waals surface area contributed by atoms with E-state index in [1.54, 1.807) is 0 Å². The lowest BCUT2D eigenvalue weighted by Crippen LogP contribution is -2.41. The number of hydrogen-bond acceptors (Lipinski definition) is 3. The second-order valence-electron chi connectivity index (χ2n) is 4.49. The van der Waals surface area contributed by atoms with E-state index in [1.807, 2.05) is 47.3 Å². The summed E-state index contributed by atoms with van der Waals surface area (Å²) in [5.74, 6) is 0.189. The molecule has 1 atom stereocenters. The minimum atomic E-state index is 0.126. The summed E-state index contributed by atoms with van der Waals surface area (Å²) in [4.78, 5) is 11.8. The highest BCUT2D eigenvalue weighted by Gasteiger charge is 2.28. The lowest BCUT2D eigenvalue weighted by Gasteiger charge is -2.30. The standard InChI is InChI=1S/C13H19N3O/c1-11(14)7-9-16-13(17)8-10-15(16)12-5-3-2-4-6-12/h2-6,11H,7-10,14H2,1H3. The largest absolute Gasteiger partial charge is 0.328 e. The zero-order valence-electron chi connectivity index (χ0n) is 10.2. The summed E-state index contributed by atoms with van der Waals surface area (Å²) in [5, 5.41) is 3.86. The average molecular weight is 233 g/mol. The van der Waals surface area contributed by atoms with Crippen LogP contribution in [0, 0.1) is 0 Å². The molecule has 1 aromatic rings. The van der Waals surface area contributed by atoms with Gasteiger partial charge in [0.25, 0.3) is 0 Å². The van der Waals surface area contributed by atoms with E-state index in [4.69, 9.17) is 5.73 Å². The van der Waals surface area contributed by atoms with E-state index in [0.29, 0.717) is 13.0 Å². The SMILES string of the molecule is CC(N)CCN1C(=O)CCN1c1ccccc1.